The first-order valence-electron chi connectivity index (χ1n) is 8.68. The van der Waals surface area contributed by atoms with Crippen molar-refractivity contribution >= 4 is 29.3 Å². The van der Waals surface area contributed by atoms with Crippen LogP contribution in [-0.4, -0.2) is 59.2 Å². The molecule has 11 heteroatoms. The van der Waals surface area contributed by atoms with Crippen LogP contribution in [0.25, 0.3) is 5.69 Å². The van der Waals surface area contributed by atoms with E-state index in [4.69, 9.17) is 14.2 Å². The van der Waals surface area contributed by atoms with Crippen molar-refractivity contribution in [1.29, 1.82) is 0 Å². The number of hydrogen-bond acceptors (Lipinski definition) is 9. The minimum atomic E-state index is -0.619. The second-order valence-corrected chi connectivity index (χ2v) is 6.73. The molecule has 1 aromatic heterocycles. The minimum absolute atomic E-state index is 0.0160. The maximum absolute atomic E-state index is 12.5. The fraction of sp³-hybridized carbons (Fsp3) is 0.211. The number of methoxy groups -OCH3 is 3. The van der Waals surface area contributed by atoms with Crippen LogP contribution >= 0.6 is 11.8 Å². The van der Waals surface area contributed by atoms with E-state index >= 15 is 0 Å². The van der Waals surface area contributed by atoms with Crippen molar-refractivity contribution in [2.45, 2.75) is 5.16 Å². The topological polar surface area (TPSA) is 117 Å². The molecule has 1 amide bonds. The van der Waals surface area contributed by atoms with E-state index in [1.54, 1.807) is 0 Å². The van der Waals surface area contributed by atoms with Gasteiger partial charge in [0.1, 0.15) is 0 Å². The highest BCUT2D eigenvalue weighted by Gasteiger charge is 2.20. The van der Waals surface area contributed by atoms with Crippen molar-refractivity contribution < 1.29 is 23.8 Å². The molecule has 2 aromatic carbocycles. The molecule has 0 bridgehead atoms. The van der Waals surface area contributed by atoms with Gasteiger partial charge in [-0.3, -0.25) is 4.79 Å². The Kier molecular flexibility index (Phi) is 6.86. The number of anilines is 1. The van der Waals surface area contributed by atoms with Crippen molar-refractivity contribution in [3.05, 3.63) is 48.0 Å². The van der Waals surface area contributed by atoms with E-state index in [2.05, 4.69) is 20.8 Å². The molecule has 0 radical (unpaired) electrons. The Balaban J connectivity index is 1.76. The van der Waals surface area contributed by atoms with Crippen molar-refractivity contribution in [1.82, 2.24) is 20.2 Å². The van der Waals surface area contributed by atoms with Gasteiger partial charge in [0.25, 0.3) is 0 Å². The molecule has 0 aliphatic heterocycles. The van der Waals surface area contributed by atoms with Gasteiger partial charge in [-0.25, -0.2) is 4.79 Å². The molecule has 3 aromatic rings. The lowest BCUT2D eigenvalue weighted by atomic mass is 10.1. The van der Waals surface area contributed by atoms with Crippen LogP contribution in [0.5, 0.6) is 11.5 Å². The van der Waals surface area contributed by atoms with Crippen LogP contribution in [0.3, 0.4) is 0 Å². The van der Waals surface area contributed by atoms with Crippen LogP contribution in [0.15, 0.2) is 47.6 Å². The second-order valence-electron chi connectivity index (χ2n) is 5.79. The number of tetrazole rings is 1. The van der Waals surface area contributed by atoms with E-state index < -0.39 is 5.97 Å². The normalized spacial score (nSPS) is 10.4. The predicted octanol–water partition coefficient (Wildman–Crippen LogP) is 2.20. The SMILES string of the molecule is COC(=O)c1cc(OC)c(OC)cc1NC(=O)CSc1nnnn1-c1ccccc1. The first-order chi connectivity index (χ1) is 14.6. The Labute approximate surface area is 176 Å². The Morgan fingerprint density at radius 3 is 2.43 bits per heavy atom. The highest BCUT2D eigenvalue weighted by Crippen LogP contribution is 2.34. The highest BCUT2D eigenvalue weighted by molar-refractivity contribution is 7.99. The summed E-state index contributed by atoms with van der Waals surface area (Å²) in [6, 6.07) is 12.3. The molecule has 0 spiro atoms. The van der Waals surface area contributed by atoms with E-state index in [-0.39, 0.29) is 22.9 Å². The Morgan fingerprint density at radius 1 is 1.07 bits per heavy atom. The number of carbonyl (C=O) groups is 2. The molecule has 0 atom stereocenters. The average molecular weight is 429 g/mol. The smallest absolute Gasteiger partial charge is 0.340 e. The second kappa shape index (κ2) is 9.74. The number of hydrogen-bond donors (Lipinski definition) is 1. The summed E-state index contributed by atoms with van der Waals surface area (Å²) in [6.07, 6.45) is 0. The molecule has 0 saturated carbocycles. The number of esters is 1. The molecule has 3 rings (SSSR count). The fourth-order valence-corrected chi connectivity index (χ4v) is 3.27. The molecule has 1 heterocycles. The maximum Gasteiger partial charge on any atom is 0.340 e. The average Bonchev–Trinajstić information content (AvgIpc) is 3.26. The van der Waals surface area contributed by atoms with E-state index in [1.807, 2.05) is 30.3 Å². The number of carbonyl (C=O) groups excluding carboxylic acids is 2. The van der Waals surface area contributed by atoms with Crippen molar-refractivity contribution in [2.75, 3.05) is 32.4 Å². The van der Waals surface area contributed by atoms with Gasteiger partial charge in [-0.2, -0.15) is 4.68 Å². The predicted molar refractivity (Wildman–Crippen MR) is 109 cm³/mol. The molecule has 0 unspecified atom stereocenters. The van der Waals surface area contributed by atoms with Gasteiger partial charge >= 0.3 is 5.97 Å². The van der Waals surface area contributed by atoms with Crippen LogP contribution in [0.1, 0.15) is 10.4 Å². The monoisotopic (exact) mass is 429 g/mol. The third-order valence-corrected chi connectivity index (χ3v) is 4.90. The summed E-state index contributed by atoms with van der Waals surface area (Å²) < 4.78 is 16.8. The van der Waals surface area contributed by atoms with Crippen LogP contribution in [-0.2, 0) is 9.53 Å². The number of nitrogens with one attached hydrogen (secondary N) is 1. The van der Waals surface area contributed by atoms with Gasteiger partial charge < -0.3 is 19.5 Å². The first kappa shape index (κ1) is 21.1. The van der Waals surface area contributed by atoms with Crippen LogP contribution in [0, 0.1) is 0 Å². The number of nitrogens with zero attached hydrogens (tertiary/aromatic N) is 4. The Morgan fingerprint density at radius 2 is 1.77 bits per heavy atom. The molecule has 156 valence electrons. The van der Waals surface area contributed by atoms with Gasteiger partial charge in [0.2, 0.25) is 11.1 Å². The molecule has 30 heavy (non-hydrogen) atoms. The van der Waals surface area contributed by atoms with Gasteiger partial charge in [-0.1, -0.05) is 30.0 Å². The fourth-order valence-electron chi connectivity index (χ4n) is 2.58. The molecule has 0 saturated heterocycles. The number of ether oxygens (including phenoxy) is 3. The quantitative estimate of drug-likeness (QED) is 0.425. The number of thioether (sulfide) groups is 1. The summed E-state index contributed by atoms with van der Waals surface area (Å²) in [5.74, 6) is -0.261. The molecular weight excluding hydrogens is 410 g/mol. The third kappa shape index (κ3) is 4.69. The van der Waals surface area contributed by atoms with Gasteiger partial charge in [-0.05, 0) is 22.6 Å². The maximum atomic E-state index is 12.5. The summed E-state index contributed by atoms with van der Waals surface area (Å²) in [4.78, 5) is 24.7. The van der Waals surface area contributed by atoms with Gasteiger partial charge in [0.15, 0.2) is 11.5 Å². The highest BCUT2D eigenvalue weighted by atomic mass is 32.2. The standard InChI is InChI=1S/C19H19N5O5S/c1-27-15-9-13(18(26)29-3)14(10-16(15)28-2)20-17(25)11-30-19-21-22-23-24(19)12-7-5-4-6-8-12/h4-10H,11H2,1-3H3,(H,20,25). The summed E-state index contributed by atoms with van der Waals surface area (Å²) >= 11 is 1.16. The molecular formula is C19H19N5O5S. The number of amides is 1. The zero-order valence-corrected chi connectivity index (χ0v) is 17.3. The zero-order chi connectivity index (χ0) is 21.5. The third-order valence-electron chi connectivity index (χ3n) is 3.98. The van der Waals surface area contributed by atoms with E-state index in [0.717, 1.165) is 17.4 Å². The summed E-state index contributed by atoms with van der Waals surface area (Å²) in [6.45, 7) is 0. The largest absolute Gasteiger partial charge is 0.493 e. The zero-order valence-electron chi connectivity index (χ0n) is 16.5. The van der Waals surface area contributed by atoms with Gasteiger partial charge in [0, 0.05) is 12.1 Å². The molecule has 0 aliphatic carbocycles. The van der Waals surface area contributed by atoms with E-state index in [1.165, 1.54) is 38.1 Å². The number of benzene rings is 2. The number of rotatable bonds is 8. The number of para-hydroxylation sites is 1. The summed E-state index contributed by atoms with van der Waals surface area (Å²) in [5, 5.41) is 14.7. The lowest BCUT2D eigenvalue weighted by Crippen LogP contribution is -2.18. The van der Waals surface area contributed by atoms with E-state index in [0.29, 0.717) is 16.7 Å². The van der Waals surface area contributed by atoms with Crippen molar-refractivity contribution in [2.24, 2.45) is 0 Å². The lowest BCUT2D eigenvalue weighted by Gasteiger charge is -2.14. The van der Waals surface area contributed by atoms with Crippen LogP contribution in [0.4, 0.5) is 5.69 Å². The summed E-state index contributed by atoms with van der Waals surface area (Å²) in [7, 11) is 4.16. The van der Waals surface area contributed by atoms with E-state index in [9.17, 15) is 9.59 Å². The van der Waals surface area contributed by atoms with Crippen molar-refractivity contribution in [3.63, 3.8) is 0 Å². The Bertz CT molecular complexity index is 1040. The molecule has 10 nitrogen and oxygen atoms in total. The summed E-state index contributed by atoms with van der Waals surface area (Å²) in [5.41, 5.74) is 1.16. The lowest BCUT2D eigenvalue weighted by molar-refractivity contribution is -0.113. The number of aromatic nitrogens is 4. The molecule has 0 aliphatic rings. The van der Waals surface area contributed by atoms with Gasteiger partial charge in [0.05, 0.1) is 44.0 Å². The first-order valence-corrected chi connectivity index (χ1v) is 9.66. The van der Waals surface area contributed by atoms with Crippen molar-refractivity contribution in [3.8, 4) is 17.2 Å². The van der Waals surface area contributed by atoms with Crippen LogP contribution < -0.4 is 14.8 Å². The van der Waals surface area contributed by atoms with Gasteiger partial charge in [-0.15, -0.1) is 5.10 Å². The molecule has 0 fully saturated rings. The minimum Gasteiger partial charge on any atom is -0.493 e. The van der Waals surface area contributed by atoms with Crippen LogP contribution in [0.2, 0.25) is 0 Å². The molecule has 1 N–H and O–H groups in total. The Hall–Kier alpha value is -3.60.